The van der Waals surface area contributed by atoms with Crippen LogP contribution in [-0.2, 0) is 68.7 Å². The van der Waals surface area contributed by atoms with Crippen LogP contribution in [0.15, 0.2) is 30.3 Å². The molecule has 0 saturated carbocycles. The molecule has 0 aromatic heterocycles. The van der Waals surface area contributed by atoms with E-state index in [2.05, 4.69) is 42.5 Å². The van der Waals surface area contributed by atoms with Crippen LogP contribution in [0.2, 0.25) is 0 Å². The molecule has 0 bridgehead atoms. The lowest BCUT2D eigenvalue weighted by Crippen LogP contribution is -2.60. The number of nitrogens with one attached hydrogen (secondary N) is 9. The molecule has 10 amide bonds. The van der Waals surface area contributed by atoms with E-state index >= 15 is 0 Å². The van der Waals surface area contributed by atoms with Gasteiger partial charge in [-0.15, -0.1) is 0 Å². The third-order valence-corrected chi connectivity index (χ3v) is 10.9. The normalized spacial score (nSPS) is 14.5. The fourth-order valence-corrected chi connectivity index (χ4v) is 6.80. The molecule has 0 radical (unpaired) electrons. The number of carboxylic acid groups (broad SMARTS) is 3. The summed E-state index contributed by atoms with van der Waals surface area (Å²) in [7, 11) is 0. The van der Waals surface area contributed by atoms with Gasteiger partial charge in [-0.05, 0) is 76.8 Å². The summed E-state index contributed by atoms with van der Waals surface area (Å²) in [4.78, 5) is 165. The predicted octanol–water partition coefficient (Wildman–Crippen LogP) is -5.55. The second-order valence-electron chi connectivity index (χ2n) is 17.9. The Balaban J connectivity index is 3.08. The number of unbranched alkanes of at least 4 members (excludes halogenated alkanes) is 1. The summed E-state index contributed by atoms with van der Waals surface area (Å²) in [6.45, 7) is 4.36. The minimum atomic E-state index is -1.97. The number of carbonyl (C=O) groups excluding carboxylic acids is 10. The molecule has 29 nitrogen and oxygen atoms in total. The maximum atomic E-state index is 13.8. The van der Waals surface area contributed by atoms with Crippen LogP contribution in [0.5, 0.6) is 0 Å². The first-order valence-electron chi connectivity index (χ1n) is 23.9. The first-order valence-corrected chi connectivity index (χ1v) is 23.9. The molecular formula is C46H72N12O17. The van der Waals surface area contributed by atoms with E-state index in [4.69, 9.17) is 22.3 Å². The molecule has 1 aromatic rings. The zero-order valence-corrected chi connectivity index (χ0v) is 42.2. The van der Waals surface area contributed by atoms with E-state index in [1.54, 1.807) is 44.2 Å². The largest absolute Gasteiger partial charge is 0.481 e. The molecule has 19 N–H and O–H groups in total. The molecule has 9 atom stereocenters. The highest BCUT2D eigenvalue weighted by atomic mass is 16.4. The molecule has 0 aliphatic heterocycles. The van der Waals surface area contributed by atoms with E-state index in [9.17, 15) is 77.6 Å². The average molecular weight is 1070 g/mol. The number of hydrogen-bond donors (Lipinski definition) is 16. The van der Waals surface area contributed by atoms with Crippen molar-refractivity contribution in [2.75, 3.05) is 19.7 Å². The number of primary amides is 1. The second-order valence-corrected chi connectivity index (χ2v) is 17.9. The summed E-state index contributed by atoms with van der Waals surface area (Å²) in [6, 6.07) is -4.48. The van der Waals surface area contributed by atoms with Gasteiger partial charge in [-0.2, -0.15) is 0 Å². The Morgan fingerprint density at radius 3 is 1.53 bits per heavy atom. The van der Waals surface area contributed by atoms with Gasteiger partial charge < -0.3 is 85.5 Å². The third-order valence-electron chi connectivity index (χ3n) is 10.9. The van der Waals surface area contributed by atoms with Crippen LogP contribution >= 0.6 is 0 Å². The number of benzene rings is 1. The molecule has 29 heteroatoms. The number of hydrogen-bond acceptors (Lipinski definition) is 16. The van der Waals surface area contributed by atoms with Crippen LogP contribution in [0.25, 0.3) is 0 Å². The van der Waals surface area contributed by atoms with E-state index in [1.165, 1.54) is 13.8 Å². The number of carbonyl (C=O) groups is 13. The van der Waals surface area contributed by atoms with Gasteiger partial charge in [0.1, 0.15) is 48.3 Å². The number of aliphatic hydroxyl groups excluding tert-OH is 1. The fourth-order valence-electron chi connectivity index (χ4n) is 6.80. The van der Waals surface area contributed by atoms with Crippen molar-refractivity contribution in [2.24, 2.45) is 23.1 Å². The molecule has 0 spiro atoms. The lowest BCUT2D eigenvalue weighted by molar-refractivity contribution is -0.147. The summed E-state index contributed by atoms with van der Waals surface area (Å²) >= 11 is 0. The average Bonchev–Trinajstić information content (AvgIpc) is 3.33. The van der Waals surface area contributed by atoms with Gasteiger partial charge in [0.05, 0.1) is 25.6 Å². The number of carboxylic acids is 3. The molecule has 418 valence electrons. The fraction of sp³-hybridized carbons (Fsp3) is 0.587. The number of aliphatic carboxylic acids is 3. The summed E-state index contributed by atoms with van der Waals surface area (Å²) in [5.74, 6) is -14.5. The van der Waals surface area contributed by atoms with Gasteiger partial charge in [0.25, 0.3) is 0 Å². The summed E-state index contributed by atoms with van der Waals surface area (Å²) in [5.41, 5.74) is 17.7. The van der Waals surface area contributed by atoms with E-state index in [0.717, 1.165) is 5.56 Å². The first kappa shape index (κ1) is 65.2. The third kappa shape index (κ3) is 26.1. The maximum absolute atomic E-state index is 13.8. The van der Waals surface area contributed by atoms with E-state index < -0.39 is 164 Å². The van der Waals surface area contributed by atoms with Gasteiger partial charge in [-0.1, -0.05) is 44.2 Å². The number of amides is 10. The van der Waals surface area contributed by atoms with Crippen molar-refractivity contribution in [3.8, 4) is 0 Å². The van der Waals surface area contributed by atoms with Gasteiger partial charge in [-0.25, -0.2) is 4.79 Å². The van der Waals surface area contributed by atoms with Crippen LogP contribution in [0.3, 0.4) is 0 Å². The van der Waals surface area contributed by atoms with Crippen LogP contribution < -0.4 is 65.1 Å². The zero-order valence-electron chi connectivity index (χ0n) is 42.2. The Kier molecular flexibility index (Phi) is 29.4. The molecular weight excluding hydrogens is 993 g/mol. The van der Waals surface area contributed by atoms with Gasteiger partial charge >= 0.3 is 17.9 Å². The minimum absolute atomic E-state index is 0.0106. The van der Waals surface area contributed by atoms with Crippen LogP contribution in [0, 0.1) is 5.92 Å². The highest BCUT2D eigenvalue weighted by Crippen LogP contribution is 2.10. The molecule has 0 aliphatic carbocycles. The predicted molar refractivity (Wildman–Crippen MR) is 263 cm³/mol. The number of aliphatic hydroxyl groups is 1. The van der Waals surface area contributed by atoms with Crippen molar-refractivity contribution >= 4 is 77.0 Å². The van der Waals surface area contributed by atoms with Crippen LogP contribution in [0.4, 0.5) is 0 Å². The van der Waals surface area contributed by atoms with Crippen molar-refractivity contribution in [3.05, 3.63) is 35.9 Å². The lowest BCUT2D eigenvalue weighted by Gasteiger charge is -2.27. The van der Waals surface area contributed by atoms with Crippen LogP contribution in [-0.4, -0.2) is 171 Å². The van der Waals surface area contributed by atoms with Crippen molar-refractivity contribution in [1.29, 1.82) is 0 Å². The number of rotatable bonds is 36. The highest BCUT2D eigenvalue weighted by molar-refractivity contribution is 5.98. The Morgan fingerprint density at radius 1 is 0.533 bits per heavy atom. The Bertz CT molecular complexity index is 2160. The molecule has 75 heavy (non-hydrogen) atoms. The molecule has 0 saturated heterocycles. The van der Waals surface area contributed by atoms with Crippen molar-refractivity contribution in [1.82, 2.24) is 47.9 Å². The molecule has 0 fully saturated rings. The van der Waals surface area contributed by atoms with Gasteiger partial charge in [0.15, 0.2) is 0 Å². The van der Waals surface area contributed by atoms with E-state index in [-0.39, 0.29) is 51.0 Å². The topological polar surface area (TPSA) is 489 Å². The Morgan fingerprint density at radius 2 is 1.01 bits per heavy atom. The molecule has 1 aromatic carbocycles. The Hall–Kier alpha value is -7.79. The second kappa shape index (κ2) is 33.8. The molecule has 0 aliphatic rings. The Labute approximate surface area is 431 Å². The van der Waals surface area contributed by atoms with Gasteiger partial charge in [-0.3, -0.25) is 57.5 Å². The number of nitrogens with two attached hydrogens (primary N) is 3. The van der Waals surface area contributed by atoms with E-state index in [1.807, 2.05) is 5.32 Å². The zero-order chi connectivity index (χ0) is 56.9. The molecule has 1 rings (SSSR count). The monoisotopic (exact) mass is 1060 g/mol. The van der Waals surface area contributed by atoms with Crippen molar-refractivity contribution in [3.63, 3.8) is 0 Å². The SMILES string of the molecule is CC(C)C[C@H](NC(=O)[C@H](C)NC(=O)CNC(=O)[C@H](CCC(N)=O)NC(=O)[C@H](C)NC(=O)[C@@H](N)Cc1ccccc1)C(=O)N[C@@H](CCCCN)C(=O)N[C@@H](CO)C(=O)N[C@@H](CCC(=O)O)C(=O)N[C@@H](CC(=O)O)C(=O)O. The quantitative estimate of drug-likeness (QED) is 0.0279. The molecule has 0 unspecified atom stereocenters. The van der Waals surface area contributed by atoms with Crippen molar-refractivity contribution in [2.45, 2.75) is 146 Å². The van der Waals surface area contributed by atoms with Crippen LogP contribution in [0.1, 0.15) is 91.0 Å². The lowest BCUT2D eigenvalue weighted by atomic mass is 10.0. The van der Waals surface area contributed by atoms with Gasteiger partial charge in [0.2, 0.25) is 59.1 Å². The molecule has 0 heterocycles. The minimum Gasteiger partial charge on any atom is -0.481 e. The maximum Gasteiger partial charge on any atom is 0.326 e. The standard InChI is InChI=1S/C46H72N12O17/c1-23(2)18-31(44(72)54-28(12-8-9-17-47)42(70)58-33(22-59)45(73)55-30(14-16-36(62)63)43(71)57-32(46(74)75)20-37(64)65)56-38(66)24(3)51-35(61)21-50-41(69)29(13-15-34(49)60)53-39(67)25(4)52-40(68)27(48)19-26-10-6-5-7-11-26/h5-7,10-11,23-25,27-33,59H,8-9,12-22,47-48H2,1-4H3,(H2,49,60)(H,50,69)(H,51,61)(H,52,68)(H,53,67)(H,54,72)(H,55,73)(H,56,66)(H,57,71)(H,58,70)(H,62,63)(H,64,65)(H,74,75)/t24-,25-,27-,28-,29-,30-,31-,32-,33-/m0/s1. The highest BCUT2D eigenvalue weighted by Gasteiger charge is 2.34. The summed E-state index contributed by atoms with van der Waals surface area (Å²) in [5, 5.41) is 58.4. The van der Waals surface area contributed by atoms with E-state index in [0.29, 0.717) is 6.42 Å². The summed E-state index contributed by atoms with van der Waals surface area (Å²) < 4.78 is 0. The first-order chi connectivity index (χ1) is 35.2. The summed E-state index contributed by atoms with van der Waals surface area (Å²) in [6.07, 6.45) is -2.41. The smallest absolute Gasteiger partial charge is 0.326 e. The van der Waals surface area contributed by atoms with Gasteiger partial charge in [0, 0.05) is 12.8 Å². The van der Waals surface area contributed by atoms with Crippen molar-refractivity contribution < 1.29 is 82.8 Å².